The van der Waals surface area contributed by atoms with Crippen LogP contribution in [0.15, 0.2) is 12.4 Å². The first-order valence-electron chi connectivity index (χ1n) is 5.81. The van der Waals surface area contributed by atoms with E-state index in [9.17, 15) is 4.79 Å². The van der Waals surface area contributed by atoms with Crippen molar-refractivity contribution in [2.75, 3.05) is 18.8 Å². The second kappa shape index (κ2) is 6.15. The quantitative estimate of drug-likeness (QED) is 0.818. The van der Waals surface area contributed by atoms with Crippen LogP contribution in [0.25, 0.3) is 0 Å². The van der Waals surface area contributed by atoms with Gasteiger partial charge in [-0.1, -0.05) is 13.8 Å². The van der Waals surface area contributed by atoms with E-state index in [0.29, 0.717) is 12.2 Å². The number of nitrogens with two attached hydrogens (primary N) is 1. The summed E-state index contributed by atoms with van der Waals surface area (Å²) in [4.78, 5) is 13.5. The summed E-state index contributed by atoms with van der Waals surface area (Å²) in [5.74, 6) is 0.130. The van der Waals surface area contributed by atoms with Gasteiger partial charge in [-0.15, -0.1) is 0 Å². The first-order valence-corrected chi connectivity index (χ1v) is 5.81. The Morgan fingerprint density at radius 1 is 1.44 bits per heavy atom. The van der Waals surface area contributed by atoms with E-state index in [-0.39, 0.29) is 5.91 Å². The van der Waals surface area contributed by atoms with Crippen LogP contribution in [0.2, 0.25) is 0 Å². The number of hydrogen-bond donors (Lipinski definition) is 1. The Hall–Kier alpha value is -1.52. The highest BCUT2D eigenvalue weighted by Gasteiger charge is 2.17. The van der Waals surface area contributed by atoms with Crippen LogP contribution in [-0.4, -0.2) is 33.7 Å². The summed E-state index contributed by atoms with van der Waals surface area (Å²) >= 11 is 0. The fourth-order valence-electron chi connectivity index (χ4n) is 1.67. The number of likely N-dealkylation sites (tertiary alicyclic amines) is 1. The molecule has 2 rings (SSSR count). The predicted molar refractivity (Wildman–Crippen MR) is 63.8 cm³/mol. The zero-order valence-corrected chi connectivity index (χ0v) is 10.0. The Morgan fingerprint density at radius 2 is 2.06 bits per heavy atom. The molecule has 1 saturated heterocycles. The molecule has 0 spiro atoms. The van der Waals surface area contributed by atoms with E-state index in [0.717, 1.165) is 25.9 Å². The molecule has 1 amide bonds. The third kappa shape index (κ3) is 3.25. The molecule has 2 N–H and O–H groups in total. The van der Waals surface area contributed by atoms with Crippen molar-refractivity contribution >= 4 is 11.6 Å². The van der Waals surface area contributed by atoms with Gasteiger partial charge in [0.1, 0.15) is 6.54 Å². The summed E-state index contributed by atoms with van der Waals surface area (Å²) in [5.41, 5.74) is 6.10. The van der Waals surface area contributed by atoms with Gasteiger partial charge in [0.2, 0.25) is 5.91 Å². The van der Waals surface area contributed by atoms with Crippen molar-refractivity contribution < 1.29 is 4.79 Å². The third-order valence-electron chi connectivity index (χ3n) is 2.41. The highest BCUT2D eigenvalue weighted by atomic mass is 16.2. The van der Waals surface area contributed by atoms with Crippen LogP contribution in [0.4, 0.5) is 5.69 Å². The Kier molecular flexibility index (Phi) is 4.82. The molecule has 90 valence electrons. The van der Waals surface area contributed by atoms with E-state index in [1.165, 1.54) is 0 Å². The Morgan fingerprint density at radius 3 is 2.56 bits per heavy atom. The maximum Gasteiger partial charge on any atom is 0.244 e. The van der Waals surface area contributed by atoms with Crippen LogP contribution in [0.3, 0.4) is 0 Å². The minimum Gasteiger partial charge on any atom is -0.396 e. The highest BCUT2D eigenvalue weighted by molar-refractivity contribution is 5.76. The highest BCUT2D eigenvalue weighted by Crippen LogP contribution is 2.08. The first kappa shape index (κ1) is 12.5. The summed E-state index contributed by atoms with van der Waals surface area (Å²) in [5, 5.41) is 3.97. The molecule has 0 unspecified atom stereocenters. The normalized spacial score (nSPS) is 14.5. The van der Waals surface area contributed by atoms with Crippen LogP contribution in [0.5, 0.6) is 0 Å². The molecule has 1 aliphatic heterocycles. The molecule has 1 fully saturated rings. The second-order valence-electron chi connectivity index (χ2n) is 3.56. The fourth-order valence-corrected chi connectivity index (χ4v) is 1.67. The first-order chi connectivity index (χ1) is 7.75. The molecule has 1 aromatic heterocycles. The van der Waals surface area contributed by atoms with Gasteiger partial charge in [-0.3, -0.25) is 9.48 Å². The summed E-state index contributed by atoms with van der Waals surface area (Å²) in [6.07, 6.45) is 5.46. The number of hydrogen-bond acceptors (Lipinski definition) is 3. The topological polar surface area (TPSA) is 64.1 Å². The van der Waals surface area contributed by atoms with Crippen molar-refractivity contribution in [3.8, 4) is 0 Å². The van der Waals surface area contributed by atoms with Crippen LogP contribution in [-0.2, 0) is 11.3 Å². The second-order valence-corrected chi connectivity index (χ2v) is 3.56. The molecule has 0 aliphatic carbocycles. The summed E-state index contributed by atoms with van der Waals surface area (Å²) in [7, 11) is 0. The average Bonchev–Trinajstić information content (AvgIpc) is 2.92. The van der Waals surface area contributed by atoms with Gasteiger partial charge in [-0.2, -0.15) is 5.10 Å². The minimum atomic E-state index is 0.130. The molecule has 0 bridgehead atoms. The van der Waals surface area contributed by atoms with Crippen molar-refractivity contribution in [3.63, 3.8) is 0 Å². The van der Waals surface area contributed by atoms with Gasteiger partial charge in [0.25, 0.3) is 0 Å². The van der Waals surface area contributed by atoms with Crippen molar-refractivity contribution in [2.45, 2.75) is 33.2 Å². The van der Waals surface area contributed by atoms with Crippen molar-refractivity contribution in [1.82, 2.24) is 14.7 Å². The van der Waals surface area contributed by atoms with E-state index >= 15 is 0 Å². The number of rotatable bonds is 2. The molecule has 0 radical (unpaired) electrons. The monoisotopic (exact) mass is 224 g/mol. The van der Waals surface area contributed by atoms with Gasteiger partial charge in [-0.05, 0) is 12.8 Å². The molecule has 0 atom stereocenters. The largest absolute Gasteiger partial charge is 0.396 e. The summed E-state index contributed by atoms with van der Waals surface area (Å²) in [6, 6.07) is 0. The number of aromatic nitrogens is 2. The lowest BCUT2D eigenvalue weighted by Gasteiger charge is -2.14. The van der Waals surface area contributed by atoms with E-state index in [2.05, 4.69) is 5.10 Å². The van der Waals surface area contributed by atoms with E-state index in [1.54, 1.807) is 17.1 Å². The maximum atomic E-state index is 11.6. The minimum absolute atomic E-state index is 0.130. The van der Waals surface area contributed by atoms with E-state index < -0.39 is 0 Å². The van der Waals surface area contributed by atoms with Crippen molar-refractivity contribution in [3.05, 3.63) is 12.4 Å². The lowest BCUT2D eigenvalue weighted by Crippen LogP contribution is -2.31. The van der Waals surface area contributed by atoms with Gasteiger partial charge < -0.3 is 10.6 Å². The van der Waals surface area contributed by atoms with Gasteiger partial charge in [-0.25, -0.2) is 0 Å². The molecule has 0 aromatic carbocycles. The Labute approximate surface area is 96.2 Å². The molecule has 0 saturated carbocycles. The number of nitrogen functional groups attached to an aromatic ring is 1. The maximum absolute atomic E-state index is 11.6. The molecular formula is C11H20N4O. The molecule has 5 nitrogen and oxygen atoms in total. The van der Waals surface area contributed by atoms with Gasteiger partial charge >= 0.3 is 0 Å². The predicted octanol–water partition coefficient (Wildman–Crippen LogP) is 1.11. The van der Waals surface area contributed by atoms with Crippen LogP contribution in [0, 0.1) is 0 Å². The molecule has 16 heavy (non-hydrogen) atoms. The molecular weight excluding hydrogens is 204 g/mol. The number of anilines is 1. The van der Waals surface area contributed by atoms with E-state index in [1.807, 2.05) is 18.7 Å². The Bertz CT molecular complexity index is 328. The summed E-state index contributed by atoms with van der Waals surface area (Å²) < 4.78 is 1.58. The lowest BCUT2D eigenvalue weighted by molar-refractivity contribution is -0.130. The lowest BCUT2D eigenvalue weighted by atomic mass is 10.4. The van der Waals surface area contributed by atoms with E-state index in [4.69, 9.17) is 5.73 Å². The molecule has 5 heteroatoms. The number of carbonyl (C=O) groups excluding carboxylic acids is 1. The molecule has 1 aliphatic rings. The SMILES string of the molecule is CC.Nc1cnn(CC(=O)N2CCCC2)c1. The fraction of sp³-hybridized carbons (Fsp3) is 0.636. The summed E-state index contributed by atoms with van der Waals surface area (Å²) in [6.45, 7) is 6.07. The zero-order chi connectivity index (χ0) is 12.0. The number of amides is 1. The zero-order valence-electron chi connectivity index (χ0n) is 10.0. The molecule has 1 aromatic rings. The van der Waals surface area contributed by atoms with Crippen molar-refractivity contribution in [1.29, 1.82) is 0 Å². The van der Waals surface area contributed by atoms with Crippen molar-refractivity contribution in [2.24, 2.45) is 0 Å². The van der Waals surface area contributed by atoms with Gasteiger partial charge in [0.05, 0.1) is 11.9 Å². The van der Waals surface area contributed by atoms with Crippen LogP contribution in [0.1, 0.15) is 26.7 Å². The van der Waals surface area contributed by atoms with Gasteiger partial charge in [0, 0.05) is 19.3 Å². The van der Waals surface area contributed by atoms with Crippen LogP contribution >= 0.6 is 0 Å². The third-order valence-corrected chi connectivity index (χ3v) is 2.41. The average molecular weight is 224 g/mol. The smallest absolute Gasteiger partial charge is 0.244 e. The molecule has 2 heterocycles. The van der Waals surface area contributed by atoms with Crippen LogP contribution < -0.4 is 5.73 Å². The number of nitrogens with zero attached hydrogens (tertiary/aromatic N) is 3. The standard InChI is InChI=1S/C9H14N4O.C2H6/c10-8-5-11-13(6-8)7-9(14)12-3-1-2-4-12;1-2/h5-6H,1-4,7,10H2;1-2H3. The van der Waals surface area contributed by atoms with Gasteiger partial charge in [0.15, 0.2) is 0 Å². The number of carbonyl (C=O) groups is 1. The Balaban J connectivity index is 0.000000606.